The lowest BCUT2D eigenvalue weighted by atomic mass is 10.1. The lowest BCUT2D eigenvalue weighted by molar-refractivity contribution is 0.104. The summed E-state index contributed by atoms with van der Waals surface area (Å²) < 4.78 is 9.78. The summed E-state index contributed by atoms with van der Waals surface area (Å²) in [5.74, 6) is -0.413. The standard InChI is InChI=1S/C17H16O6/c1-22-16-6-4-10(7-14(16)20)12(18)5-3-11-8-15(21)17(23-2)9-13(11)19/h3-9,19-21H,1-2H3. The maximum absolute atomic E-state index is 12.1. The van der Waals surface area contributed by atoms with Crippen molar-refractivity contribution in [3.05, 3.63) is 47.5 Å². The third kappa shape index (κ3) is 3.55. The van der Waals surface area contributed by atoms with Crippen LogP contribution in [0.1, 0.15) is 15.9 Å². The van der Waals surface area contributed by atoms with Gasteiger partial charge in [0.25, 0.3) is 0 Å². The zero-order valence-corrected chi connectivity index (χ0v) is 12.6. The Bertz CT molecular complexity index is 764. The number of allylic oxidation sites excluding steroid dienone is 1. The number of aromatic hydroxyl groups is 3. The summed E-state index contributed by atoms with van der Waals surface area (Å²) in [5, 5.41) is 29.2. The van der Waals surface area contributed by atoms with Crippen LogP contribution in [0.3, 0.4) is 0 Å². The number of ketones is 1. The molecule has 2 rings (SSSR count). The molecular weight excluding hydrogens is 300 g/mol. The average Bonchev–Trinajstić information content (AvgIpc) is 2.54. The van der Waals surface area contributed by atoms with Gasteiger partial charge < -0.3 is 24.8 Å². The molecule has 0 aliphatic heterocycles. The molecule has 2 aromatic rings. The third-order valence-corrected chi connectivity index (χ3v) is 3.21. The first-order valence-corrected chi connectivity index (χ1v) is 6.65. The van der Waals surface area contributed by atoms with Gasteiger partial charge in [0.05, 0.1) is 14.2 Å². The summed E-state index contributed by atoms with van der Waals surface area (Å²) >= 11 is 0. The molecule has 6 nitrogen and oxygen atoms in total. The second kappa shape index (κ2) is 6.74. The summed E-state index contributed by atoms with van der Waals surface area (Å²) in [4.78, 5) is 12.1. The summed E-state index contributed by atoms with van der Waals surface area (Å²) in [5.41, 5.74) is 0.520. The fourth-order valence-corrected chi connectivity index (χ4v) is 1.98. The van der Waals surface area contributed by atoms with Crippen LogP contribution in [0.4, 0.5) is 0 Å². The van der Waals surface area contributed by atoms with Crippen molar-refractivity contribution in [2.75, 3.05) is 14.2 Å². The van der Waals surface area contributed by atoms with Crippen LogP contribution >= 0.6 is 0 Å². The number of methoxy groups -OCH3 is 2. The number of carbonyl (C=O) groups is 1. The van der Waals surface area contributed by atoms with Gasteiger partial charge in [0, 0.05) is 17.2 Å². The second-order valence-corrected chi connectivity index (χ2v) is 4.67. The Morgan fingerprint density at radius 1 is 0.913 bits per heavy atom. The molecule has 0 aliphatic carbocycles. The molecular formula is C17H16O6. The Morgan fingerprint density at radius 3 is 2.17 bits per heavy atom. The van der Waals surface area contributed by atoms with E-state index in [0.717, 1.165) is 0 Å². The van der Waals surface area contributed by atoms with Gasteiger partial charge in [-0.15, -0.1) is 0 Å². The highest BCUT2D eigenvalue weighted by Crippen LogP contribution is 2.34. The van der Waals surface area contributed by atoms with Crippen molar-refractivity contribution in [1.29, 1.82) is 0 Å². The molecule has 2 aromatic carbocycles. The van der Waals surface area contributed by atoms with E-state index in [0.29, 0.717) is 0 Å². The van der Waals surface area contributed by atoms with E-state index in [2.05, 4.69) is 0 Å². The average molecular weight is 316 g/mol. The van der Waals surface area contributed by atoms with E-state index in [4.69, 9.17) is 9.47 Å². The SMILES string of the molecule is COc1ccc(C(=O)C=Cc2cc(O)c(OC)cc2O)cc1O. The highest BCUT2D eigenvalue weighted by molar-refractivity contribution is 6.07. The first-order valence-electron chi connectivity index (χ1n) is 6.65. The van der Waals surface area contributed by atoms with Gasteiger partial charge in [-0.25, -0.2) is 0 Å². The van der Waals surface area contributed by atoms with Crippen LogP contribution in [0, 0.1) is 0 Å². The minimum absolute atomic E-state index is 0.131. The van der Waals surface area contributed by atoms with Crippen molar-refractivity contribution >= 4 is 11.9 Å². The fourth-order valence-electron chi connectivity index (χ4n) is 1.98. The van der Waals surface area contributed by atoms with Crippen molar-refractivity contribution < 1.29 is 29.6 Å². The predicted molar refractivity (Wildman–Crippen MR) is 84.3 cm³/mol. The number of rotatable bonds is 5. The van der Waals surface area contributed by atoms with Gasteiger partial charge >= 0.3 is 0 Å². The summed E-state index contributed by atoms with van der Waals surface area (Å²) in [6.45, 7) is 0. The first kappa shape index (κ1) is 16.2. The van der Waals surface area contributed by atoms with Crippen LogP contribution in [-0.2, 0) is 0 Å². The Morgan fingerprint density at radius 2 is 1.57 bits per heavy atom. The Hall–Kier alpha value is -3.15. The van der Waals surface area contributed by atoms with Crippen LogP contribution in [0.25, 0.3) is 6.08 Å². The molecule has 3 N–H and O–H groups in total. The molecule has 0 saturated heterocycles. The molecule has 0 bridgehead atoms. The molecule has 0 fully saturated rings. The van der Waals surface area contributed by atoms with Crippen molar-refractivity contribution in [1.82, 2.24) is 0 Å². The Balaban J connectivity index is 2.25. The number of phenols is 3. The van der Waals surface area contributed by atoms with E-state index in [1.807, 2.05) is 0 Å². The first-order chi connectivity index (χ1) is 11.0. The lowest BCUT2D eigenvalue weighted by Crippen LogP contribution is -1.95. The maximum Gasteiger partial charge on any atom is 0.185 e. The Kier molecular flexibility index (Phi) is 4.75. The zero-order valence-electron chi connectivity index (χ0n) is 12.6. The number of phenolic OH excluding ortho intramolecular Hbond substituents is 3. The van der Waals surface area contributed by atoms with Crippen LogP contribution < -0.4 is 9.47 Å². The van der Waals surface area contributed by atoms with Gasteiger partial charge in [-0.1, -0.05) is 0 Å². The smallest absolute Gasteiger partial charge is 0.185 e. The van der Waals surface area contributed by atoms with Gasteiger partial charge in [0.2, 0.25) is 0 Å². The molecule has 0 spiro atoms. The number of benzene rings is 2. The molecule has 0 amide bonds. The molecule has 0 aliphatic rings. The minimum atomic E-state index is -0.377. The molecule has 0 heterocycles. The monoisotopic (exact) mass is 316 g/mol. The fraction of sp³-hybridized carbons (Fsp3) is 0.118. The van der Waals surface area contributed by atoms with Gasteiger partial charge in [-0.05, 0) is 36.4 Å². The molecule has 0 radical (unpaired) electrons. The van der Waals surface area contributed by atoms with Crippen molar-refractivity contribution in [2.45, 2.75) is 0 Å². The van der Waals surface area contributed by atoms with Gasteiger partial charge in [0.1, 0.15) is 5.75 Å². The Labute approximate surface area is 132 Å². The number of ether oxygens (including phenoxy) is 2. The van der Waals surface area contributed by atoms with Crippen LogP contribution in [0.15, 0.2) is 36.4 Å². The summed E-state index contributed by atoms with van der Waals surface area (Å²) in [7, 11) is 2.78. The summed E-state index contributed by atoms with van der Waals surface area (Å²) in [6.07, 6.45) is 2.58. The van der Waals surface area contributed by atoms with E-state index in [-0.39, 0.29) is 45.7 Å². The van der Waals surface area contributed by atoms with Gasteiger partial charge in [0.15, 0.2) is 28.8 Å². The van der Waals surface area contributed by atoms with Crippen LogP contribution in [-0.4, -0.2) is 35.3 Å². The van der Waals surface area contributed by atoms with Crippen molar-refractivity contribution in [3.8, 4) is 28.7 Å². The maximum atomic E-state index is 12.1. The molecule has 0 atom stereocenters. The van der Waals surface area contributed by atoms with Crippen molar-refractivity contribution in [2.24, 2.45) is 0 Å². The number of carbonyl (C=O) groups excluding carboxylic acids is 1. The highest BCUT2D eigenvalue weighted by Gasteiger charge is 2.09. The normalized spacial score (nSPS) is 10.7. The van der Waals surface area contributed by atoms with Crippen LogP contribution in [0.2, 0.25) is 0 Å². The number of hydrogen-bond donors (Lipinski definition) is 3. The largest absolute Gasteiger partial charge is 0.507 e. The summed E-state index contributed by atoms with van der Waals surface area (Å²) in [6, 6.07) is 6.81. The van der Waals surface area contributed by atoms with E-state index >= 15 is 0 Å². The molecule has 0 unspecified atom stereocenters. The van der Waals surface area contributed by atoms with Crippen molar-refractivity contribution in [3.63, 3.8) is 0 Å². The molecule has 0 saturated carbocycles. The molecule has 0 aromatic heterocycles. The molecule has 6 heteroatoms. The third-order valence-electron chi connectivity index (χ3n) is 3.21. The second-order valence-electron chi connectivity index (χ2n) is 4.67. The van der Waals surface area contributed by atoms with Gasteiger partial charge in [-0.2, -0.15) is 0 Å². The van der Waals surface area contributed by atoms with Gasteiger partial charge in [-0.3, -0.25) is 4.79 Å². The molecule has 23 heavy (non-hydrogen) atoms. The quantitative estimate of drug-likeness (QED) is 0.446. The highest BCUT2D eigenvalue weighted by atomic mass is 16.5. The van der Waals surface area contributed by atoms with E-state index in [1.54, 1.807) is 0 Å². The van der Waals surface area contributed by atoms with Crippen LogP contribution in [0.5, 0.6) is 28.7 Å². The number of hydrogen-bond acceptors (Lipinski definition) is 6. The zero-order chi connectivity index (χ0) is 17.0. The lowest BCUT2D eigenvalue weighted by Gasteiger charge is -2.06. The van der Waals surface area contributed by atoms with E-state index < -0.39 is 0 Å². The minimum Gasteiger partial charge on any atom is -0.507 e. The topological polar surface area (TPSA) is 96.2 Å². The van der Waals surface area contributed by atoms with E-state index in [1.165, 1.54) is 56.7 Å². The van der Waals surface area contributed by atoms with E-state index in [9.17, 15) is 20.1 Å². The predicted octanol–water partition coefficient (Wildman–Crippen LogP) is 2.72. The molecule has 120 valence electrons.